The van der Waals surface area contributed by atoms with Crippen molar-refractivity contribution in [3.63, 3.8) is 0 Å². The van der Waals surface area contributed by atoms with E-state index in [4.69, 9.17) is 4.74 Å². The molecular weight excluding hydrogens is 380 g/mol. The average molecular weight is 415 g/mol. The fourth-order valence-corrected chi connectivity index (χ4v) is 4.17. The Bertz CT molecular complexity index is 709. The predicted molar refractivity (Wildman–Crippen MR) is 115 cm³/mol. The lowest BCUT2D eigenvalue weighted by Crippen LogP contribution is -2.44. The lowest BCUT2D eigenvalue weighted by Gasteiger charge is -2.33. The lowest BCUT2D eigenvalue weighted by molar-refractivity contribution is -0.151. The maximum Gasteiger partial charge on any atom is 0.309 e. The van der Waals surface area contributed by atoms with Gasteiger partial charge < -0.3 is 14.5 Å². The van der Waals surface area contributed by atoms with Crippen molar-refractivity contribution in [2.45, 2.75) is 51.9 Å². The van der Waals surface area contributed by atoms with E-state index < -0.39 is 0 Å². The number of hydrogen-bond donors (Lipinski definition) is 0. The maximum absolute atomic E-state index is 12.9. The van der Waals surface area contributed by atoms with Crippen LogP contribution in [0.25, 0.3) is 0 Å². The second-order valence-corrected chi connectivity index (χ2v) is 8.35. The van der Waals surface area contributed by atoms with Gasteiger partial charge >= 0.3 is 5.97 Å². The molecule has 1 aliphatic carbocycles. The van der Waals surface area contributed by atoms with Crippen LogP contribution in [0.3, 0.4) is 0 Å². The van der Waals surface area contributed by atoms with E-state index in [0.717, 1.165) is 25.7 Å². The summed E-state index contributed by atoms with van der Waals surface area (Å²) in [4.78, 5) is 41.2. The van der Waals surface area contributed by atoms with E-state index in [-0.39, 0.29) is 29.6 Å². The van der Waals surface area contributed by atoms with Gasteiger partial charge in [0, 0.05) is 38.5 Å². The van der Waals surface area contributed by atoms with Gasteiger partial charge in [-0.2, -0.15) is 0 Å². The molecule has 0 atom stereocenters. The highest BCUT2D eigenvalue weighted by Crippen LogP contribution is 2.28. The van der Waals surface area contributed by atoms with Crippen LogP contribution in [-0.2, 0) is 25.5 Å². The number of esters is 1. The van der Waals surface area contributed by atoms with E-state index in [2.05, 4.69) is 12.1 Å². The van der Waals surface area contributed by atoms with E-state index in [0.29, 0.717) is 52.0 Å². The van der Waals surface area contributed by atoms with Crippen LogP contribution in [0, 0.1) is 11.8 Å². The molecule has 2 fully saturated rings. The van der Waals surface area contributed by atoms with Gasteiger partial charge in [-0.1, -0.05) is 36.8 Å². The number of hydrogen-bond acceptors (Lipinski definition) is 4. The Hall–Kier alpha value is -2.37. The van der Waals surface area contributed by atoms with Gasteiger partial charge in [0.15, 0.2) is 0 Å². The SMILES string of the molecule is CCOC(=O)C1CCN(C(=O)CCN(CCc2ccccc2)C(=O)C2CCC2)CC1. The van der Waals surface area contributed by atoms with E-state index in [1.807, 2.05) is 34.9 Å². The van der Waals surface area contributed by atoms with Crippen molar-refractivity contribution in [1.82, 2.24) is 9.80 Å². The van der Waals surface area contributed by atoms with E-state index >= 15 is 0 Å². The van der Waals surface area contributed by atoms with Gasteiger partial charge in [0.25, 0.3) is 0 Å². The summed E-state index contributed by atoms with van der Waals surface area (Å²) in [6.45, 7) is 4.50. The molecule has 0 spiro atoms. The topological polar surface area (TPSA) is 66.9 Å². The first-order chi connectivity index (χ1) is 14.6. The minimum atomic E-state index is -0.150. The molecule has 1 heterocycles. The number of benzene rings is 1. The molecule has 0 N–H and O–H groups in total. The fraction of sp³-hybridized carbons (Fsp3) is 0.625. The Morgan fingerprint density at radius 3 is 2.30 bits per heavy atom. The maximum atomic E-state index is 12.9. The van der Waals surface area contributed by atoms with Crippen LogP contribution in [0.1, 0.15) is 51.0 Å². The molecule has 1 aromatic rings. The molecule has 0 bridgehead atoms. The van der Waals surface area contributed by atoms with Crippen LogP contribution in [-0.4, -0.2) is 60.4 Å². The normalized spacial score (nSPS) is 17.3. The molecule has 0 radical (unpaired) electrons. The molecule has 0 unspecified atom stereocenters. The number of carbonyl (C=O) groups excluding carboxylic acids is 3. The van der Waals surface area contributed by atoms with Crippen LogP contribution in [0.5, 0.6) is 0 Å². The summed E-state index contributed by atoms with van der Waals surface area (Å²) in [5, 5.41) is 0. The standard InChI is InChI=1S/C24H34N2O4/c1-2-30-24(29)21-12-16-25(17-13-21)22(27)14-18-26(23(28)20-9-6-10-20)15-11-19-7-4-3-5-8-19/h3-5,7-8,20-21H,2,6,9-18H2,1H3. The van der Waals surface area contributed by atoms with E-state index in [9.17, 15) is 14.4 Å². The minimum Gasteiger partial charge on any atom is -0.466 e. The van der Waals surface area contributed by atoms with Crippen molar-refractivity contribution in [2.24, 2.45) is 11.8 Å². The quantitative estimate of drug-likeness (QED) is 0.583. The third-order valence-corrected chi connectivity index (χ3v) is 6.34. The third-order valence-electron chi connectivity index (χ3n) is 6.34. The number of piperidine rings is 1. The number of likely N-dealkylation sites (tertiary alicyclic amines) is 1. The first kappa shape index (κ1) is 22.3. The molecule has 1 saturated carbocycles. The highest BCUT2D eigenvalue weighted by Gasteiger charge is 2.31. The van der Waals surface area contributed by atoms with Gasteiger partial charge in [0.2, 0.25) is 11.8 Å². The Morgan fingerprint density at radius 1 is 1.00 bits per heavy atom. The van der Waals surface area contributed by atoms with Gasteiger partial charge in [-0.15, -0.1) is 0 Å². The van der Waals surface area contributed by atoms with Crippen molar-refractivity contribution in [3.8, 4) is 0 Å². The summed E-state index contributed by atoms with van der Waals surface area (Å²) in [7, 11) is 0. The Labute approximate surface area is 179 Å². The number of amides is 2. The molecule has 6 nitrogen and oxygen atoms in total. The molecule has 2 amide bonds. The number of rotatable bonds is 9. The molecule has 0 aromatic heterocycles. The minimum absolute atomic E-state index is 0.0726. The second-order valence-electron chi connectivity index (χ2n) is 8.35. The van der Waals surface area contributed by atoms with E-state index in [1.165, 1.54) is 5.56 Å². The predicted octanol–water partition coefficient (Wildman–Crippen LogP) is 3.05. The Balaban J connectivity index is 1.48. The lowest BCUT2D eigenvalue weighted by atomic mass is 9.84. The first-order valence-corrected chi connectivity index (χ1v) is 11.4. The summed E-state index contributed by atoms with van der Waals surface area (Å²) in [6, 6.07) is 10.2. The zero-order chi connectivity index (χ0) is 21.3. The number of carbonyl (C=O) groups is 3. The largest absolute Gasteiger partial charge is 0.466 e. The van der Waals surface area contributed by atoms with Crippen LogP contribution >= 0.6 is 0 Å². The molecule has 1 aliphatic heterocycles. The van der Waals surface area contributed by atoms with Crippen molar-refractivity contribution in [2.75, 3.05) is 32.8 Å². The van der Waals surface area contributed by atoms with Crippen LogP contribution in [0.4, 0.5) is 0 Å². The fourth-order valence-electron chi connectivity index (χ4n) is 4.17. The molecule has 3 rings (SSSR count). The zero-order valence-electron chi connectivity index (χ0n) is 18.1. The summed E-state index contributed by atoms with van der Waals surface area (Å²) >= 11 is 0. The zero-order valence-corrected chi connectivity index (χ0v) is 18.1. The van der Waals surface area contributed by atoms with Crippen LogP contribution < -0.4 is 0 Å². The first-order valence-electron chi connectivity index (χ1n) is 11.4. The van der Waals surface area contributed by atoms with Gasteiger partial charge in [-0.3, -0.25) is 14.4 Å². The summed E-state index contributed by atoms with van der Waals surface area (Å²) < 4.78 is 5.10. The number of nitrogens with zero attached hydrogens (tertiary/aromatic N) is 2. The monoisotopic (exact) mass is 414 g/mol. The second kappa shape index (κ2) is 11.1. The molecule has 164 valence electrons. The van der Waals surface area contributed by atoms with Crippen molar-refractivity contribution in [3.05, 3.63) is 35.9 Å². The van der Waals surface area contributed by atoms with Crippen LogP contribution in [0.2, 0.25) is 0 Å². The van der Waals surface area contributed by atoms with Crippen molar-refractivity contribution < 1.29 is 19.1 Å². The van der Waals surface area contributed by atoms with Gasteiger partial charge in [0.05, 0.1) is 12.5 Å². The molecule has 1 saturated heterocycles. The third kappa shape index (κ3) is 6.07. The highest BCUT2D eigenvalue weighted by molar-refractivity contribution is 5.81. The molecular formula is C24H34N2O4. The van der Waals surface area contributed by atoms with E-state index in [1.54, 1.807) is 0 Å². The molecule has 2 aliphatic rings. The van der Waals surface area contributed by atoms with Crippen molar-refractivity contribution in [1.29, 1.82) is 0 Å². The molecule has 1 aromatic carbocycles. The summed E-state index contributed by atoms with van der Waals surface area (Å²) in [5.74, 6) is 0.157. The molecule has 6 heteroatoms. The van der Waals surface area contributed by atoms with Crippen LogP contribution in [0.15, 0.2) is 30.3 Å². The molecule has 30 heavy (non-hydrogen) atoms. The smallest absolute Gasteiger partial charge is 0.309 e. The van der Waals surface area contributed by atoms with Crippen molar-refractivity contribution >= 4 is 17.8 Å². The Morgan fingerprint density at radius 2 is 1.70 bits per heavy atom. The summed E-state index contributed by atoms with van der Waals surface area (Å²) in [6.07, 6.45) is 5.52. The Kier molecular flexibility index (Phi) is 8.29. The summed E-state index contributed by atoms with van der Waals surface area (Å²) in [5.41, 5.74) is 1.20. The van der Waals surface area contributed by atoms with Gasteiger partial charge in [-0.05, 0) is 44.6 Å². The number of ether oxygens (including phenoxy) is 1. The highest BCUT2D eigenvalue weighted by atomic mass is 16.5. The van der Waals surface area contributed by atoms with Gasteiger partial charge in [0.1, 0.15) is 0 Å². The average Bonchev–Trinajstić information content (AvgIpc) is 2.73. The van der Waals surface area contributed by atoms with Gasteiger partial charge in [-0.25, -0.2) is 0 Å².